The van der Waals surface area contributed by atoms with Gasteiger partial charge < -0.3 is 14.5 Å². The molecule has 1 amide bonds. The summed E-state index contributed by atoms with van der Waals surface area (Å²) in [7, 11) is 0. The molecule has 1 aliphatic heterocycles. The first kappa shape index (κ1) is 19.4. The number of amides is 1. The minimum Gasteiger partial charge on any atom is -0.493 e. The van der Waals surface area contributed by atoms with Crippen molar-refractivity contribution in [2.24, 2.45) is 0 Å². The summed E-state index contributed by atoms with van der Waals surface area (Å²) in [5.41, 5.74) is 2.77. The Bertz CT molecular complexity index is 1070. The second-order valence-corrected chi connectivity index (χ2v) is 8.13. The average molecular weight is 423 g/mol. The number of thiocarbonyl (C=S) groups is 1. The molecule has 2 aromatic carbocycles. The molecule has 29 heavy (non-hydrogen) atoms. The third kappa shape index (κ3) is 4.75. The maximum Gasteiger partial charge on any atom is 0.263 e. The molecule has 2 heterocycles. The van der Waals surface area contributed by atoms with E-state index in [2.05, 4.69) is 10.3 Å². The lowest BCUT2D eigenvalue weighted by Gasteiger charge is -2.05. The van der Waals surface area contributed by atoms with Crippen LogP contribution in [-0.4, -0.2) is 21.8 Å². The summed E-state index contributed by atoms with van der Waals surface area (Å²) < 4.78 is 12.1. The number of thioether (sulfide) groups is 1. The quantitative estimate of drug-likeness (QED) is 0.456. The first-order chi connectivity index (χ1) is 14.1. The van der Waals surface area contributed by atoms with Crippen molar-refractivity contribution in [2.45, 2.75) is 13.3 Å². The minimum absolute atomic E-state index is 0.154. The van der Waals surface area contributed by atoms with Gasteiger partial charge in [0.1, 0.15) is 15.8 Å². The Morgan fingerprint density at radius 1 is 1.17 bits per heavy atom. The molecule has 0 saturated carbocycles. The lowest BCUT2D eigenvalue weighted by molar-refractivity contribution is -0.115. The van der Waals surface area contributed by atoms with Crippen LogP contribution in [0.15, 0.2) is 63.9 Å². The molecular weight excluding hydrogens is 404 g/mol. The Labute approximate surface area is 178 Å². The zero-order chi connectivity index (χ0) is 20.2. The molecule has 0 atom stereocenters. The van der Waals surface area contributed by atoms with Crippen molar-refractivity contribution in [3.63, 3.8) is 0 Å². The van der Waals surface area contributed by atoms with Crippen molar-refractivity contribution in [2.75, 3.05) is 6.61 Å². The molecule has 1 aliphatic rings. The highest BCUT2D eigenvalue weighted by Crippen LogP contribution is 2.26. The molecule has 4 rings (SSSR count). The van der Waals surface area contributed by atoms with Gasteiger partial charge in [-0.25, -0.2) is 4.98 Å². The third-order valence-corrected chi connectivity index (χ3v) is 5.50. The van der Waals surface area contributed by atoms with E-state index in [9.17, 15) is 4.79 Å². The fourth-order valence-electron chi connectivity index (χ4n) is 2.86. The predicted octanol–water partition coefficient (Wildman–Crippen LogP) is 4.76. The summed E-state index contributed by atoms with van der Waals surface area (Å²) in [6, 6.07) is 17.4. The number of ether oxygens (including phenoxy) is 1. The maximum absolute atomic E-state index is 11.7. The molecule has 0 aliphatic carbocycles. The van der Waals surface area contributed by atoms with Crippen molar-refractivity contribution in [3.8, 4) is 17.2 Å². The van der Waals surface area contributed by atoms with Gasteiger partial charge in [-0.1, -0.05) is 54.3 Å². The number of carbonyl (C=O) groups excluding carboxylic acids is 1. The SMILES string of the molecule is Cc1oc(-c2ccccc2)nc1CCOc1ccc(/C=C2\SC(=S)NC2=O)cc1. The van der Waals surface area contributed by atoms with E-state index in [1.807, 2.05) is 67.6 Å². The predicted molar refractivity (Wildman–Crippen MR) is 119 cm³/mol. The molecule has 0 spiro atoms. The Morgan fingerprint density at radius 2 is 1.93 bits per heavy atom. The standard InChI is InChI=1S/C22H18N2O3S2/c1-14-18(23-21(27-14)16-5-3-2-4-6-16)11-12-26-17-9-7-15(8-10-17)13-19-20(25)24-22(28)29-19/h2-10,13H,11-12H2,1H3,(H,24,25,28)/b19-13-. The third-order valence-electron chi connectivity index (χ3n) is 4.34. The molecule has 0 bridgehead atoms. The Morgan fingerprint density at radius 3 is 2.62 bits per heavy atom. The number of benzene rings is 2. The maximum atomic E-state index is 11.7. The number of hydrogen-bond acceptors (Lipinski definition) is 6. The summed E-state index contributed by atoms with van der Waals surface area (Å²) in [6.07, 6.45) is 2.47. The van der Waals surface area contributed by atoms with Crippen LogP contribution in [0.25, 0.3) is 17.5 Å². The monoisotopic (exact) mass is 422 g/mol. The molecule has 146 valence electrons. The summed E-state index contributed by atoms with van der Waals surface area (Å²) in [5, 5.41) is 2.61. The highest BCUT2D eigenvalue weighted by atomic mass is 32.2. The van der Waals surface area contributed by atoms with Crippen LogP contribution in [0.2, 0.25) is 0 Å². The average Bonchev–Trinajstić information content (AvgIpc) is 3.25. The molecule has 3 aromatic rings. The van der Waals surface area contributed by atoms with Crippen molar-refractivity contribution in [1.82, 2.24) is 10.3 Å². The largest absolute Gasteiger partial charge is 0.493 e. The van der Waals surface area contributed by atoms with E-state index < -0.39 is 0 Å². The lowest BCUT2D eigenvalue weighted by Crippen LogP contribution is -2.17. The minimum atomic E-state index is -0.154. The Balaban J connectivity index is 1.34. The number of nitrogens with one attached hydrogen (secondary N) is 1. The topological polar surface area (TPSA) is 64.4 Å². The zero-order valence-corrected chi connectivity index (χ0v) is 17.3. The highest BCUT2D eigenvalue weighted by molar-refractivity contribution is 8.26. The van der Waals surface area contributed by atoms with Crippen LogP contribution in [0, 0.1) is 6.92 Å². The van der Waals surface area contributed by atoms with Gasteiger partial charge in [0, 0.05) is 12.0 Å². The number of nitrogens with zero attached hydrogens (tertiary/aromatic N) is 1. The Kier molecular flexibility index (Phi) is 5.78. The van der Waals surface area contributed by atoms with E-state index in [1.165, 1.54) is 11.8 Å². The van der Waals surface area contributed by atoms with Crippen LogP contribution in [0.3, 0.4) is 0 Å². The van der Waals surface area contributed by atoms with E-state index in [0.717, 1.165) is 28.3 Å². The molecule has 5 nitrogen and oxygen atoms in total. The van der Waals surface area contributed by atoms with Crippen molar-refractivity contribution in [3.05, 3.63) is 76.5 Å². The van der Waals surface area contributed by atoms with Gasteiger partial charge in [0.05, 0.1) is 17.2 Å². The summed E-state index contributed by atoms with van der Waals surface area (Å²) in [5.74, 6) is 2.04. The second-order valence-electron chi connectivity index (χ2n) is 6.41. The van der Waals surface area contributed by atoms with Gasteiger partial charge in [0.25, 0.3) is 5.91 Å². The van der Waals surface area contributed by atoms with E-state index in [-0.39, 0.29) is 5.91 Å². The number of aromatic nitrogens is 1. The van der Waals surface area contributed by atoms with Crippen LogP contribution >= 0.6 is 24.0 Å². The van der Waals surface area contributed by atoms with E-state index in [4.69, 9.17) is 21.4 Å². The van der Waals surface area contributed by atoms with E-state index in [0.29, 0.717) is 28.1 Å². The fourth-order valence-corrected chi connectivity index (χ4v) is 3.91. The first-order valence-corrected chi connectivity index (χ1v) is 10.3. The number of carbonyl (C=O) groups is 1. The molecule has 1 aromatic heterocycles. The fraction of sp³-hybridized carbons (Fsp3) is 0.136. The molecule has 1 fully saturated rings. The molecule has 1 N–H and O–H groups in total. The number of aryl methyl sites for hydroxylation is 1. The van der Waals surface area contributed by atoms with Gasteiger partial charge in [-0.15, -0.1) is 0 Å². The summed E-state index contributed by atoms with van der Waals surface area (Å²) in [4.78, 5) is 16.9. The summed E-state index contributed by atoms with van der Waals surface area (Å²) >= 11 is 6.27. The number of hydrogen-bond donors (Lipinski definition) is 1. The molecule has 1 saturated heterocycles. The Hall–Kier alpha value is -2.90. The number of oxazole rings is 1. The van der Waals surface area contributed by atoms with Gasteiger partial charge >= 0.3 is 0 Å². The van der Waals surface area contributed by atoms with Gasteiger partial charge in [0.15, 0.2) is 0 Å². The van der Waals surface area contributed by atoms with Gasteiger partial charge in [0.2, 0.25) is 5.89 Å². The van der Waals surface area contributed by atoms with Crippen molar-refractivity contribution in [1.29, 1.82) is 0 Å². The zero-order valence-electron chi connectivity index (χ0n) is 15.7. The van der Waals surface area contributed by atoms with E-state index >= 15 is 0 Å². The summed E-state index contributed by atoms with van der Waals surface area (Å²) in [6.45, 7) is 2.41. The molecule has 0 unspecified atom stereocenters. The second kappa shape index (κ2) is 8.63. The van der Waals surface area contributed by atoms with Crippen LogP contribution in [0.4, 0.5) is 0 Å². The molecular formula is C22H18N2O3S2. The lowest BCUT2D eigenvalue weighted by atomic mass is 10.2. The van der Waals surface area contributed by atoms with Crippen molar-refractivity contribution < 1.29 is 13.9 Å². The van der Waals surface area contributed by atoms with Crippen LogP contribution in [0.5, 0.6) is 5.75 Å². The number of rotatable bonds is 6. The molecule has 7 heteroatoms. The van der Waals surface area contributed by atoms with Gasteiger partial charge in [-0.2, -0.15) is 0 Å². The normalized spacial score (nSPS) is 15.0. The van der Waals surface area contributed by atoms with Crippen molar-refractivity contribution >= 4 is 40.3 Å². The highest BCUT2D eigenvalue weighted by Gasteiger charge is 2.21. The van der Waals surface area contributed by atoms with Gasteiger partial charge in [-0.05, 0) is 42.8 Å². The first-order valence-electron chi connectivity index (χ1n) is 9.08. The van der Waals surface area contributed by atoms with Gasteiger partial charge in [-0.3, -0.25) is 4.79 Å². The van der Waals surface area contributed by atoms with Crippen LogP contribution in [0.1, 0.15) is 17.0 Å². The smallest absolute Gasteiger partial charge is 0.263 e. The van der Waals surface area contributed by atoms with E-state index in [1.54, 1.807) is 0 Å². The van der Waals surface area contributed by atoms with Crippen LogP contribution in [-0.2, 0) is 11.2 Å². The molecule has 0 radical (unpaired) electrons. The van der Waals surface area contributed by atoms with Crippen LogP contribution < -0.4 is 10.1 Å².